The van der Waals surface area contributed by atoms with Crippen LogP contribution in [0, 0.1) is 6.92 Å². The van der Waals surface area contributed by atoms with Crippen molar-refractivity contribution in [2.45, 2.75) is 44.6 Å². The number of halogens is 2. The summed E-state index contributed by atoms with van der Waals surface area (Å²) in [6, 6.07) is 19.8. The molecule has 3 aromatic carbocycles. The number of aryl methyl sites for hydroxylation is 1. The van der Waals surface area contributed by atoms with Crippen LogP contribution in [-0.4, -0.2) is 50.8 Å². The molecular weight excluding hydrogens is 557 g/mol. The number of sulfonamides is 1. The number of amides is 2. The standard InChI is InChI=1S/C29H33Cl2N3O4S/c1-4-25(29(36)32-5-2)33(19-18-22-10-7-6-8-11-22)27(35)20-34(26-13-9-12-24(30)28(26)31)39(37,38)23-16-14-21(3)15-17-23/h6-17,25H,4-5,18-20H2,1-3H3,(H,32,36). The number of benzene rings is 3. The molecule has 208 valence electrons. The van der Waals surface area contributed by atoms with Crippen molar-refractivity contribution >= 4 is 50.7 Å². The Bertz CT molecular complexity index is 1380. The van der Waals surface area contributed by atoms with Gasteiger partial charge in [0.05, 0.1) is 20.6 Å². The van der Waals surface area contributed by atoms with Gasteiger partial charge in [-0.15, -0.1) is 0 Å². The molecule has 0 heterocycles. The Morgan fingerprint density at radius 2 is 1.59 bits per heavy atom. The summed E-state index contributed by atoms with van der Waals surface area (Å²) >= 11 is 12.7. The quantitative estimate of drug-likeness (QED) is 0.303. The summed E-state index contributed by atoms with van der Waals surface area (Å²) in [6.07, 6.45) is 0.847. The van der Waals surface area contributed by atoms with Gasteiger partial charge in [0.2, 0.25) is 11.8 Å². The van der Waals surface area contributed by atoms with Crippen LogP contribution < -0.4 is 9.62 Å². The van der Waals surface area contributed by atoms with Gasteiger partial charge in [-0.25, -0.2) is 8.42 Å². The Morgan fingerprint density at radius 3 is 2.21 bits per heavy atom. The molecular formula is C29H33Cl2N3O4S. The molecule has 0 saturated carbocycles. The second-order valence-electron chi connectivity index (χ2n) is 9.04. The second kappa shape index (κ2) is 13.8. The van der Waals surface area contributed by atoms with Crippen molar-refractivity contribution in [3.63, 3.8) is 0 Å². The lowest BCUT2D eigenvalue weighted by Crippen LogP contribution is -2.53. The summed E-state index contributed by atoms with van der Waals surface area (Å²) in [6.45, 7) is 5.53. The topological polar surface area (TPSA) is 86.8 Å². The fourth-order valence-electron chi connectivity index (χ4n) is 4.22. The van der Waals surface area contributed by atoms with Crippen LogP contribution in [0.25, 0.3) is 0 Å². The van der Waals surface area contributed by atoms with Gasteiger partial charge in [-0.1, -0.05) is 84.2 Å². The van der Waals surface area contributed by atoms with E-state index in [1.165, 1.54) is 23.1 Å². The Morgan fingerprint density at radius 1 is 0.923 bits per heavy atom. The van der Waals surface area contributed by atoms with Gasteiger partial charge < -0.3 is 10.2 Å². The van der Waals surface area contributed by atoms with Crippen molar-refractivity contribution in [2.24, 2.45) is 0 Å². The zero-order valence-corrected chi connectivity index (χ0v) is 24.6. The molecule has 7 nitrogen and oxygen atoms in total. The van der Waals surface area contributed by atoms with Crippen molar-refractivity contribution in [3.8, 4) is 0 Å². The normalized spacial score (nSPS) is 12.0. The van der Waals surface area contributed by atoms with E-state index in [0.717, 1.165) is 15.4 Å². The minimum atomic E-state index is -4.23. The molecule has 0 aliphatic carbocycles. The molecule has 2 amide bonds. The third-order valence-electron chi connectivity index (χ3n) is 6.31. The molecule has 10 heteroatoms. The van der Waals surface area contributed by atoms with E-state index in [1.54, 1.807) is 31.2 Å². The van der Waals surface area contributed by atoms with Gasteiger partial charge >= 0.3 is 0 Å². The number of hydrogen-bond acceptors (Lipinski definition) is 4. The Kier molecular flexibility index (Phi) is 10.8. The average molecular weight is 591 g/mol. The minimum Gasteiger partial charge on any atom is -0.355 e. The molecule has 0 aliphatic heterocycles. The van der Waals surface area contributed by atoms with E-state index in [4.69, 9.17) is 23.2 Å². The van der Waals surface area contributed by atoms with Crippen LogP contribution in [0.5, 0.6) is 0 Å². The highest BCUT2D eigenvalue weighted by Gasteiger charge is 2.34. The number of rotatable bonds is 12. The molecule has 0 aliphatic rings. The predicted molar refractivity (Wildman–Crippen MR) is 157 cm³/mol. The molecule has 3 aromatic rings. The lowest BCUT2D eigenvalue weighted by atomic mass is 10.1. The van der Waals surface area contributed by atoms with Crippen LogP contribution in [0.2, 0.25) is 10.0 Å². The van der Waals surface area contributed by atoms with Gasteiger partial charge in [0.1, 0.15) is 12.6 Å². The third kappa shape index (κ3) is 7.53. The Hall–Kier alpha value is -3.07. The first-order chi connectivity index (χ1) is 18.6. The van der Waals surface area contributed by atoms with Gasteiger partial charge in [0.25, 0.3) is 10.0 Å². The van der Waals surface area contributed by atoms with E-state index in [0.29, 0.717) is 19.4 Å². The first-order valence-electron chi connectivity index (χ1n) is 12.7. The van der Waals surface area contributed by atoms with Gasteiger partial charge in [0.15, 0.2) is 0 Å². The van der Waals surface area contributed by atoms with Crippen molar-refractivity contribution in [2.75, 3.05) is 23.9 Å². The summed E-state index contributed by atoms with van der Waals surface area (Å²) in [5.74, 6) is -0.828. The van der Waals surface area contributed by atoms with Gasteiger partial charge in [-0.3, -0.25) is 13.9 Å². The van der Waals surface area contributed by atoms with Crippen molar-refractivity contribution < 1.29 is 18.0 Å². The van der Waals surface area contributed by atoms with E-state index in [9.17, 15) is 18.0 Å². The third-order valence-corrected chi connectivity index (χ3v) is 8.89. The van der Waals surface area contributed by atoms with Crippen LogP contribution in [-0.2, 0) is 26.0 Å². The Balaban J connectivity index is 2.05. The maximum Gasteiger partial charge on any atom is 0.264 e. The van der Waals surface area contributed by atoms with Gasteiger partial charge in [-0.2, -0.15) is 0 Å². The predicted octanol–water partition coefficient (Wildman–Crippen LogP) is 5.48. The van der Waals surface area contributed by atoms with Crippen LogP contribution in [0.1, 0.15) is 31.4 Å². The monoisotopic (exact) mass is 589 g/mol. The molecule has 0 saturated heterocycles. The summed E-state index contributed by atoms with van der Waals surface area (Å²) in [4.78, 5) is 28.4. The average Bonchev–Trinajstić information content (AvgIpc) is 2.92. The molecule has 0 fully saturated rings. The highest BCUT2D eigenvalue weighted by molar-refractivity contribution is 7.92. The maximum atomic E-state index is 13.9. The molecule has 1 atom stereocenters. The molecule has 1 unspecified atom stereocenters. The first kappa shape index (κ1) is 30.5. The smallest absolute Gasteiger partial charge is 0.264 e. The van der Waals surface area contributed by atoms with Crippen molar-refractivity contribution in [3.05, 3.63) is 94.0 Å². The number of nitrogens with one attached hydrogen (secondary N) is 1. The summed E-state index contributed by atoms with van der Waals surface area (Å²) in [5.41, 5.74) is 1.95. The fraction of sp³-hybridized carbons (Fsp3) is 0.310. The minimum absolute atomic E-state index is 0.00328. The zero-order chi connectivity index (χ0) is 28.6. The first-order valence-corrected chi connectivity index (χ1v) is 14.9. The fourth-order valence-corrected chi connectivity index (χ4v) is 6.10. The van der Waals surface area contributed by atoms with Crippen molar-refractivity contribution in [1.29, 1.82) is 0 Å². The van der Waals surface area contributed by atoms with E-state index >= 15 is 0 Å². The molecule has 0 radical (unpaired) electrons. The molecule has 0 bridgehead atoms. The second-order valence-corrected chi connectivity index (χ2v) is 11.7. The van der Waals surface area contributed by atoms with Crippen LogP contribution in [0.3, 0.4) is 0 Å². The lowest BCUT2D eigenvalue weighted by Gasteiger charge is -2.33. The number of nitrogens with zero attached hydrogens (tertiary/aromatic N) is 2. The SMILES string of the molecule is CCNC(=O)C(CC)N(CCc1ccccc1)C(=O)CN(c1cccc(Cl)c1Cl)S(=O)(=O)c1ccc(C)cc1. The maximum absolute atomic E-state index is 13.9. The summed E-state index contributed by atoms with van der Waals surface area (Å²) in [7, 11) is -4.23. The van der Waals surface area contributed by atoms with Crippen LogP contribution >= 0.6 is 23.2 Å². The van der Waals surface area contributed by atoms with E-state index < -0.39 is 28.5 Å². The highest BCUT2D eigenvalue weighted by atomic mass is 35.5. The van der Waals surface area contributed by atoms with E-state index in [2.05, 4.69) is 5.32 Å². The summed E-state index contributed by atoms with van der Waals surface area (Å²) < 4.78 is 28.8. The molecule has 1 N–H and O–H groups in total. The van der Waals surface area contributed by atoms with Gasteiger partial charge in [-0.05, 0) is 56.5 Å². The molecule has 39 heavy (non-hydrogen) atoms. The van der Waals surface area contributed by atoms with E-state index in [1.807, 2.05) is 44.2 Å². The number of carbonyl (C=O) groups is 2. The molecule has 3 rings (SSSR count). The lowest BCUT2D eigenvalue weighted by molar-refractivity contribution is -0.139. The van der Waals surface area contributed by atoms with Crippen LogP contribution in [0.15, 0.2) is 77.7 Å². The summed E-state index contributed by atoms with van der Waals surface area (Å²) in [5, 5.41) is 2.95. The molecule has 0 aromatic heterocycles. The Labute approximate surface area is 240 Å². The van der Waals surface area contributed by atoms with E-state index in [-0.39, 0.29) is 33.1 Å². The van der Waals surface area contributed by atoms with Crippen LogP contribution in [0.4, 0.5) is 5.69 Å². The van der Waals surface area contributed by atoms with Crippen molar-refractivity contribution in [1.82, 2.24) is 10.2 Å². The number of carbonyl (C=O) groups excluding carboxylic acids is 2. The largest absolute Gasteiger partial charge is 0.355 e. The highest BCUT2D eigenvalue weighted by Crippen LogP contribution is 2.35. The molecule has 0 spiro atoms. The van der Waals surface area contributed by atoms with Gasteiger partial charge in [0, 0.05) is 13.1 Å². The number of likely N-dealkylation sites (N-methyl/N-ethyl adjacent to an activating group) is 1. The number of anilines is 1. The number of hydrogen-bond donors (Lipinski definition) is 1. The zero-order valence-electron chi connectivity index (χ0n) is 22.2.